The Labute approximate surface area is 339 Å². The van der Waals surface area contributed by atoms with Gasteiger partial charge in [0.25, 0.3) is 0 Å². The smallest absolute Gasteiger partial charge is 0.00201 e. The Bertz CT molecular complexity index is 3070. The standard InChI is InChI=1S/C58H38/c1-5-17-39(18-6-1)51-33-43-25-13-15-27-45(43)35-53(51)47-29-31-49-50-32-30-48(54-36-46-28-16-14-26-44(46)34-52(54)40-19-7-2-8-20-40)38-56(50)58(42-23-11-4-12-24-42)57(55(49)37-47)41-21-9-3-10-22-41/h1-38H. The number of hydrogen-bond donors (Lipinski definition) is 0. The third-order valence-electron chi connectivity index (χ3n) is 11.8. The van der Waals surface area contributed by atoms with Crippen LogP contribution in [0.25, 0.3) is 110 Å². The lowest BCUT2D eigenvalue weighted by Gasteiger charge is -2.21. The van der Waals surface area contributed by atoms with E-state index >= 15 is 0 Å². The molecule has 11 rings (SSSR count). The highest BCUT2D eigenvalue weighted by Gasteiger charge is 2.21. The van der Waals surface area contributed by atoms with Gasteiger partial charge >= 0.3 is 0 Å². The van der Waals surface area contributed by atoms with E-state index in [1.807, 2.05) is 0 Å². The van der Waals surface area contributed by atoms with Gasteiger partial charge in [0.05, 0.1) is 0 Å². The average Bonchev–Trinajstić information content (AvgIpc) is 3.31. The molecule has 0 heteroatoms. The molecule has 270 valence electrons. The van der Waals surface area contributed by atoms with E-state index in [1.165, 1.54) is 110 Å². The fourth-order valence-corrected chi connectivity index (χ4v) is 9.06. The first-order chi connectivity index (χ1) is 28.8. The summed E-state index contributed by atoms with van der Waals surface area (Å²) in [6.07, 6.45) is 0. The molecule has 0 aromatic heterocycles. The maximum atomic E-state index is 2.45. The Hall–Kier alpha value is -7.54. The van der Waals surface area contributed by atoms with E-state index in [9.17, 15) is 0 Å². The normalized spacial score (nSPS) is 11.4. The highest BCUT2D eigenvalue weighted by molar-refractivity contribution is 6.23. The second kappa shape index (κ2) is 14.2. The molecule has 11 aromatic rings. The summed E-state index contributed by atoms with van der Waals surface area (Å²) in [6, 6.07) is 84.8. The van der Waals surface area contributed by atoms with Gasteiger partial charge in [-0.25, -0.2) is 0 Å². The van der Waals surface area contributed by atoms with Gasteiger partial charge in [0, 0.05) is 0 Å². The molecule has 0 saturated carbocycles. The first-order valence-electron chi connectivity index (χ1n) is 20.1. The molecule has 0 N–H and O–H groups in total. The van der Waals surface area contributed by atoms with Crippen molar-refractivity contribution in [3.05, 3.63) is 231 Å². The van der Waals surface area contributed by atoms with Crippen LogP contribution in [0.1, 0.15) is 0 Å². The summed E-state index contributed by atoms with van der Waals surface area (Å²) in [5.41, 5.74) is 14.7. The van der Waals surface area contributed by atoms with Crippen molar-refractivity contribution in [2.45, 2.75) is 0 Å². The second-order valence-corrected chi connectivity index (χ2v) is 15.2. The van der Waals surface area contributed by atoms with Crippen molar-refractivity contribution in [1.82, 2.24) is 0 Å². The molecule has 0 radical (unpaired) electrons. The Morgan fingerprint density at radius 1 is 0.172 bits per heavy atom. The minimum Gasteiger partial charge on any atom is -0.0622 e. The minimum atomic E-state index is 1.20. The van der Waals surface area contributed by atoms with E-state index in [1.54, 1.807) is 0 Å². The molecule has 0 aliphatic carbocycles. The first-order valence-corrected chi connectivity index (χ1v) is 20.1. The van der Waals surface area contributed by atoms with Crippen molar-refractivity contribution in [1.29, 1.82) is 0 Å². The highest BCUT2D eigenvalue weighted by Crippen LogP contribution is 2.48. The summed E-state index contributed by atoms with van der Waals surface area (Å²) < 4.78 is 0. The topological polar surface area (TPSA) is 0 Å². The Morgan fingerprint density at radius 3 is 0.776 bits per heavy atom. The van der Waals surface area contributed by atoms with Crippen LogP contribution in [0.4, 0.5) is 0 Å². The van der Waals surface area contributed by atoms with Crippen LogP contribution >= 0.6 is 0 Å². The van der Waals surface area contributed by atoms with E-state index in [4.69, 9.17) is 0 Å². The van der Waals surface area contributed by atoms with Crippen LogP contribution in [0.2, 0.25) is 0 Å². The zero-order valence-electron chi connectivity index (χ0n) is 31.9. The van der Waals surface area contributed by atoms with E-state index < -0.39 is 0 Å². The van der Waals surface area contributed by atoms with Crippen LogP contribution in [-0.4, -0.2) is 0 Å². The Morgan fingerprint density at radius 2 is 0.448 bits per heavy atom. The summed E-state index contributed by atoms with van der Waals surface area (Å²) in [4.78, 5) is 0. The van der Waals surface area contributed by atoms with Gasteiger partial charge in [0.2, 0.25) is 0 Å². The van der Waals surface area contributed by atoms with Crippen molar-refractivity contribution in [2.75, 3.05) is 0 Å². The summed E-state index contributed by atoms with van der Waals surface area (Å²) in [5.74, 6) is 0. The predicted molar refractivity (Wildman–Crippen MR) is 249 cm³/mol. The zero-order valence-corrected chi connectivity index (χ0v) is 31.9. The molecule has 11 aromatic carbocycles. The third-order valence-corrected chi connectivity index (χ3v) is 11.8. The van der Waals surface area contributed by atoms with Gasteiger partial charge in [-0.15, -0.1) is 0 Å². The molecular weight excluding hydrogens is 697 g/mol. The zero-order chi connectivity index (χ0) is 38.4. The lowest BCUT2D eigenvalue weighted by molar-refractivity contribution is 1.60. The number of rotatable bonds is 6. The van der Waals surface area contributed by atoms with Crippen LogP contribution in [0.5, 0.6) is 0 Å². The van der Waals surface area contributed by atoms with Gasteiger partial charge < -0.3 is 0 Å². The van der Waals surface area contributed by atoms with Crippen LogP contribution in [0.15, 0.2) is 231 Å². The summed E-state index contributed by atoms with van der Waals surface area (Å²) in [5, 5.41) is 9.92. The summed E-state index contributed by atoms with van der Waals surface area (Å²) in [7, 11) is 0. The van der Waals surface area contributed by atoms with Crippen LogP contribution in [-0.2, 0) is 0 Å². The SMILES string of the molecule is c1ccc(-c2cc3ccccc3cc2-c2ccc3c(c2)c(-c2ccccc2)c(-c2ccccc2)c2cc(-c4cc5ccccc5cc4-c4ccccc4)ccc23)cc1. The predicted octanol–water partition coefficient (Wildman–Crippen LogP) is 16.3. The van der Waals surface area contributed by atoms with E-state index in [2.05, 4.69) is 231 Å². The first kappa shape index (κ1) is 33.8. The molecule has 0 aliphatic rings. The molecule has 0 fully saturated rings. The molecular formula is C58H38. The monoisotopic (exact) mass is 734 g/mol. The fourth-order valence-electron chi connectivity index (χ4n) is 9.06. The maximum Gasteiger partial charge on any atom is -0.00201 e. The number of hydrogen-bond acceptors (Lipinski definition) is 0. The molecule has 0 aliphatic heterocycles. The van der Waals surface area contributed by atoms with E-state index in [0.717, 1.165) is 0 Å². The van der Waals surface area contributed by atoms with Gasteiger partial charge in [0.1, 0.15) is 0 Å². The number of fused-ring (bicyclic) bond motifs is 5. The molecule has 0 heterocycles. The second-order valence-electron chi connectivity index (χ2n) is 15.2. The molecule has 0 unspecified atom stereocenters. The van der Waals surface area contributed by atoms with Gasteiger partial charge in [0.15, 0.2) is 0 Å². The van der Waals surface area contributed by atoms with Gasteiger partial charge in [-0.3, -0.25) is 0 Å². The van der Waals surface area contributed by atoms with E-state index in [0.29, 0.717) is 0 Å². The average molecular weight is 735 g/mol. The van der Waals surface area contributed by atoms with Gasteiger partial charge in [-0.2, -0.15) is 0 Å². The van der Waals surface area contributed by atoms with Gasteiger partial charge in [-0.05, 0) is 146 Å². The molecule has 0 atom stereocenters. The maximum absolute atomic E-state index is 2.45. The molecule has 0 spiro atoms. The van der Waals surface area contributed by atoms with Crippen LogP contribution < -0.4 is 0 Å². The van der Waals surface area contributed by atoms with E-state index in [-0.39, 0.29) is 0 Å². The summed E-state index contributed by atoms with van der Waals surface area (Å²) in [6.45, 7) is 0. The van der Waals surface area contributed by atoms with Crippen molar-refractivity contribution in [2.24, 2.45) is 0 Å². The van der Waals surface area contributed by atoms with Crippen molar-refractivity contribution in [3.8, 4) is 66.8 Å². The molecule has 0 nitrogen and oxygen atoms in total. The Balaban J connectivity index is 1.24. The quantitative estimate of drug-likeness (QED) is 0.149. The van der Waals surface area contributed by atoms with Crippen LogP contribution in [0.3, 0.4) is 0 Å². The van der Waals surface area contributed by atoms with Gasteiger partial charge in [-0.1, -0.05) is 194 Å². The largest absolute Gasteiger partial charge is 0.0622 e. The van der Waals surface area contributed by atoms with Crippen molar-refractivity contribution in [3.63, 3.8) is 0 Å². The lowest BCUT2D eigenvalue weighted by atomic mass is 9.82. The molecule has 0 amide bonds. The third kappa shape index (κ3) is 5.86. The molecule has 58 heavy (non-hydrogen) atoms. The minimum absolute atomic E-state index is 1.20. The molecule has 0 saturated heterocycles. The fraction of sp³-hybridized carbons (Fsp3) is 0. The number of benzene rings is 11. The Kier molecular flexibility index (Phi) is 8.26. The van der Waals surface area contributed by atoms with Crippen molar-refractivity contribution >= 4 is 43.1 Å². The van der Waals surface area contributed by atoms with Crippen LogP contribution in [0, 0.1) is 0 Å². The highest BCUT2D eigenvalue weighted by atomic mass is 14.2. The summed E-state index contributed by atoms with van der Waals surface area (Å²) >= 11 is 0. The van der Waals surface area contributed by atoms with Crippen molar-refractivity contribution < 1.29 is 0 Å². The molecule has 0 bridgehead atoms. The lowest BCUT2D eigenvalue weighted by Crippen LogP contribution is -1.94.